The molecule has 0 aliphatic heterocycles. The van der Waals surface area contributed by atoms with E-state index < -0.39 is 28.4 Å². The molecule has 0 N–H and O–H groups in total. The summed E-state index contributed by atoms with van der Waals surface area (Å²) < 4.78 is 4.46. The van der Waals surface area contributed by atoms with Gasteiger partial charge in [-0.15, -0.1) is 12.4 Å². The van der Waals surface area contributed by atoms with E-state index in [2.05, 4.69) is 159 Å². The van der Waals surface area contributed by atoms with Crippen molar-refractivity contribution in [3.63, 3.8) is 0 Å². The summed E-state index contributed by atoms with van der Waals surface area (Å²) >= 11 is -2.74. The number of allylic oxidation sites excluding steroid dienone is 2. The van der Waals surface area contributed by atoms with Crippen LogP contribution in [-0.2, 0) is 18.3 Å². The van der Waals surface area contributed by atoms with Gasteiger partial charge in [0, 0.05) is 0 Å². The molecular formula is C40H33ClGeHf. The Balaban J connectivity index is 0.00000300. The predicted molar refractivity (Wildman–Crippen MR) is 186 cm³/mol. The van der Waals surface area contributed by atoms with Crippen LogP contribution in [0.5, 0.6) is 0 Å². The van der Waals surface area contributed by atoms with Crippen LogP contribution < -0.4 is 8.79 Å². The summed E-state index contributed by atoms with van der Waals surface area (Å²) in [5.74, 6) is 0. The van der Waals surface area contributed by atoms with E-state index in [0.29, 0.717) is 7.35 Å². The molecule has 2 unspecified atom stereocenters. The first kappa shape index (κ1) is 28.8. The van der Waals surface area contributed by atoms with E-state index >= 15 is 0 Å². The molecule has 0 nitrogen and oxygen atoms in total. The van der Waals surface area contributed by atoms with Crippen molar-refractivity contribution in [1.82, 2.24) is 0 Å². The molecule has 0 heterocycles. The number of hydrogen-bond acceptors (Lipinski definition) is 0. The van der Waals surface area contributed by atoms with Crippen LogP contribution in [0.1, 0.15) is 43.5 Å². The summed E-state index contributed by atoms with van der Waals surface area (Å²) in [4.78, 5) is 0. The fraction of sp³-hybridized carbons (Fsp3) is 0.100. The van der Waals surface area contributed by atoms with Crippen molar-refractivity contribution >= 4 is 65.0 Å². The first-order valence-electron chi connectivity index (χ1n) is 14.9. The van der Waals surface area contributed by atoms with Gasteiger partial charge in [0.15, 0.2) is 0 Å². The molecule has 2 aliphatic rings. The molecule has 6 aromatic carbocycles. The standard InChI is InChI=1S/2C14H11.C12H10Ge.ClH.Hf/c2*1-10-8-12-7-6-11-4-2-3-5-13(11)14(12)9-10;1-3-7-11(8-4-1)13-12-9-5-2-6-10-12;;/h2*2-9H,1H3;1-10H;1H;. The van der Waals surface area contributed by atoms with Gasteiger partial charge in [-0.25, -0.2) is 0 Å². The van der Waals surface area contributed by atoms with Crippen molar-refractivity contribution in [2.45, 2.75) is 21.2 Å². The van der Waals surface area contributed by atoms with Gasteiger partial charge in [0.25, 0.3) is 0 Å². The minimum absolute atomic E-state index is 0. The average Bonchev–Trinajstić information content (AvgIpc) is 3.56. The predicted octanol–water partition coefficient (Wildman–Crippen LogP) is 9.46. The van der Waals surface area contributed by atoms with Gasteiger partial charge in [-0.2, -0.15) is 0 Å². The van der Waals surface area contributed by atoms with Gasteiger partial charge in [0.1, 0.15) is 0 Å². The summed E-state index contributed by atoms with van der Waals surface area (Å²) in [7, 11) is -1.96. The fourth-order valence-electron chi connectivity index (χ4n) is 7.55. The van der Waals surface area contributed by atoms with Crippen LogP contribution in [-0.4, -0.2) is 10.1 Å². The Labute approximate surface area is 269 Å². The van der Waals surface area contributed by atoms with Crippen LogP contribution in [0.2, 0.25) is 0 Å². The number of fused-ring (bicyclic) bond motifs is 6. The molecule has 3 heteroatoms. The Morgan fingerprint density at radius 2 is 0.860 bits per heavy atom. The molecule has 6 aromatic rings. The van der Waals surface area contributed by atoms with Crippen LogP contribution in [0, 0.1) is 0 Å². The quantitative estimate of drug-likeness (QED) is 0.156. The molecule has 8 rings (SSSR count). The van der Waals surface area contributed by atoms with Crippen LogP contribution in [0.4, 0.5) is 0 Å². The van der Waals surface area contributed by atoms with E-state index in [-0.39, 0.29) is 12.4 Å². The van der Waals surface area contributed by atoms with Gasteiger partial charge in [-0.1, -0.05) is 0 Å². The van der Waals surface area contributed by atoms with Gasteiger partial charge in [0.2, 0.25) is 0 Å². The van der Waals surface area contributed by atoms with Crippen LogP contribution >= 0.6 is 12.4 Å². The third-order valence-corrected chi connectivity index (χ3v) is 55.8. The maximum absolute atomic E-state index is 2.74. The topological polar surface area (TPSA) is 0 Å². The largest absolute Gasteiger partial charge is 0.147 e. The fourth-order valence-corrected chi connectivity index (χ4v) is 65.2. The average molecular weight is 800 g/mol. The monoisotopic (exact) mass is 802 g/mol. The van der Waals surface area contributed by atoms with E-state index in [9.17, 15) is 0 Å². The molecule has 208 valence electrons. The normalized spacial score (nSPS) is 16.7. The Bertz CT molecular complexity index is 1960. The zero-order chi connectivity index (χ0) is 28.2. The molecule has 0 radical (unpaired) electrons. The molecular weight excluding hydrogens is 767 g/mol. The minimum atomic E-state index is -2.74. The zero-order valence-electron chi connectivity index (χ0n) is 24.4. The zero-order valence-corrected chi connectivity index (χ0v) is 30.9. The maximum atomic E-state index is 2.56. The molecule has 0 fully saturated rings. The second kappa shape index (κ2) is 11.8. The first-order valence-corrected chi connectivity index (χ1v) is 31.6. The molecule has 2 aliphatic carbocycles. The van der Waals surface area contributed by atoms with Gasteiger partial charge >= 0.3 is 259 Å². The van der Waals surface area contributed by atoms with E-state index in [4.69, 9.17) is 0 Å². The summed E-state index contributed by atoms with van der Waals surface area (Å²) in [5, 5.41) is 5.52. The number of halogens is 1. The van der Waals surface area contributed by atoms with E-state index in [1.165, 1.54) is 32.7 Å². The number of hydrogen-bond donors (Lipinski definition) is 0. The molecule has 0 amide bonds. The van der Waals surface area contributed by atoms with Crippen molar-refractivity contribution in [3.05, 3.63) is 167 Å². The summed E-state index contributed by atoms with van der Waals surface area (Å²) in [5.41, 5.74) is 9.37. The molecule has 0 bridgehead atoms. The van der Waals surface area contributed by atoms with Crippen molar-refractivity contribution in [1.29, 1.82) is 0 Å². The van der Waals surface area contributed by atoms with Crippen molar-refractivity contribution in [2.75, 3.05) is 0 Å². The Morgan fingerprint density at radius 3 is 1.30 bits per heavy atom. The maximum Gasteiger partial charge on any atom is -0.147 e. The van der Waals surface area contributed by atoms with Crippen molar-refractivity contribution < 1.29 is 18.3 Å². The Morgan fingerprint density at radius 1 is 0.465 bits per heavy atom. The minimum Gasteiger partial charge on any atom is -0.147 e. The van der Waals surface area contributed by atoms with E-state index in [1.807, 2.05) is 0 Å². The van der Waals surface area contributed by atoms with Gasteiger partial charge < -0.3 is 0 Å². The Kier molecular flexibility index (Phi) is 7.92. The third kappa shape index (κ3) is 4.85. The van der Waals surface area contributed by atoms with Gasteiger partial charge in [0.05, 0.1) is 0 Å². The SMILES string of the molecule is CC1=Cc2c(ccc3ccccc23)[CH]1[Hf]([CH]1C(C)=Cc2c1ccc1ccccc21)=[Ge]([c]1ccccc1)[c]1ccccc1.Cl. The second-order valence-electron chi connectivity index (χ2n) is 11.8. The second-order valence-corrected chi connectivity index (χ2v) is 42.4. The first-order chi connectivity index (χ1) is 20.7. The molecule has 0 spiro atoms. The molecule has 0 saturated carbocycles. The Hall–Kier alpha value is -2.98. The smallest absolute Gasteiger partial charge is 0.147 e. The van der Waals surface area contributed by atoms with E-state index in [0.717, 1.165) is 0 Å². The number of rotatable bonds is 4. The van der Waals surface area contributed by atoms with Gasteiger partial charge in [-0.05, 0) is 0 Å². The van der Waals surface area contributed by atoms with Crippen LogP contribution in [0.3, 0.4) is 0 Å². The van der Waals surface area contributed by atoms with Gasteiger partial charge in [-0.3, -0.25) is 0 Å². The number of benzene rings is 6. The molecule has 0 saturated heterocycles. The van der Waals surface area contributed by atoms with E-state index in [1.54, 1.807) is 31.1 Å². The van der Waals surface area contributed by atoms with Crippen LogP contribution in [0.15, 0.2) is 145 Å². The summed E-state index contributed by atoms with van der Waals surface area (Å²) in [6, 6.07) is 51.1. The molecule has 2 atom stereocenters. The summed E-state index contributed by atoms with van der Waals surface area (Å²) in [6.45, 7) is 4.90. The molecule has 0 aromatic heterocycles. The van der Waals surface area contributed by atoms with Crippen molar-refractivity contribution in [2.24, 2.45) is 0 Å². The molecule has 43 heavy (non-hydrogen) atoms. The van der Waals surface area contributed by atoms with Crippen LogP contribution in [0.25, 0.3) is 33.7 Å². The summed E-state index contributed by atoms with van der Waals surface area (Å²) in [6.07, 6.45) is 5.13. The van der Waals surface area contributed by atoms with Crippen molar-refractivity contribution in [3.8, 4) is 0 Å². The third-order valence-electron chi connectivity index (χ3n) is 9.32.